The molecule has 0 fully saturated rings. The maximum Gasteiger partial charge on any atom is 0.343 e. The molecule has 0 saturated carbocycles. The van der Waals surface area contributed by atoms with E-state index in [0.717, 1.165) is 12.8 Å². The molecule has 0 N–H and O–H groups in total. The largest absolute Gasteiger partial charge is 0.463 e. The molecule has 0 spiro atoms. The van der Waals surface area contributed by atoms with Gasteiger partial charge in [0.15, 0.2) is 0 Å². The van der Waals surface area contributed by atoms with Crippen LogP contribution in [0.3, 0.4) is 0 Å². The van der Waals surface area contributed by atoms with Crippen molar-refractivity contribution in [1.29, 1.82) is 0 Å². The number of unbranched alkanes of at least 4 members (excludes halogenated alkanes) is 7. The van der Waals surface area contributed by atoms with Gasteiger partial charge in [-0.2, -0.15) is 0 Å². The normalized spacial score (nSPS) is 14.2. The van der Waals surface area contributed by atoms with E-state index in [0.29, 0.717) is 6.61 Å². The molecule has 18 heavy (non-hydrogen) atoms. The average molecular weight is 260 g/mol. The van der Waals surface area contributed by atoms with E-state index < -0.39 is 11.6 Å². The smallest absolute Gasteiger partial charge is 0.343 e. The molecule has 0 aromatic heterocycles. The van der Waals surface area contributed by atoms with E-state index in [4.69, 9.17) is 4.74 Å². The third-order valence-electron chi connectivity index (χ3n) is 3.32. The first-order valence-electron chi connectivity index (χ1n) is 7.40. The Kier molecular flexibility index (Phi) is 9.99. The molecule has 0 aliphatic carbocycles. The van der Waals surface area contributed by atoms with Gasteiger partial charge in [-0.25, -0.2) is 9.18 Å². The van der Waals surface area contributed by atoms with Crippen molar-refractivity contribution in [2.75, 3.05) is 6.61 Å². The number of alkyl halides is 1. The molecule has 1 atom stereocenters. The van der Waals surface area contributed by atoms with Crippen molar-refractivity contribution >= 4 is 5.97 Å². The molecule has 1 unspecified atom stereocenters. The number of halogens is 1. The van der Waals surface area contributed by atoms with E-state index >= 15 is 0 Å². The quantitative estimate of drug-likeness (QED) is 0.393. The Bertz CT molecular complexity index is 215. The van der Waals surface area contributed by atoms with Crippen LogP contribution in [0.15, 0.2) is 0 Å². The number of esters is 1. The van der Waals surface area contributed by atoms with Gasteiger partial charge in [-0.1, -0.05) is 58.8 Å². The summed E-state index contributed by atoms with van der Waals surface area (Å²) in [6, 6.07) is 0. The maximum absolute atomic E-state index is 13.5. The Morgan fingerprint density at radius 3 is 2.00 bits per heavy atom. The number of hydrogen-bond acceptors (Lipinski definition) is 2. The Morgan fingerprint density at radius 1 is 1.00 bits per heavy atom. The van der Waals surface area contributed by atoms with Gasteiger partial charge < -0.3 is 4.74 Å². The Balaban J connectivity index is 3.33. The molecule has 0 aliphatic rings. The summed E-state index contributed by atoms with van der Waals surface area (Å²) in [6.45, 7) is 5.50. The molecule has 0 aliphatic heterocycles. The van der Waals surface area contributed by atoms with Crippen molar-refractivity contribution in [2.45, 2.75) is 84.2 Å². The van der Waals surface area contributed by atoms with Gasteiger partial charge >= 0.3 is 5.97 Å². The monoisotopic (exact) mass is 260 g/mol. The minimum Gasteiger partial charge on any atom is -0.463 e. The molecular formula is C15H29FO2. The van der Waals surface area contributed by atoms with Crippen LogP contribution < -0.4 is 0 Å². The lowest BCUT2D eigenvalue weighted by Gasteiger charge is -2.16. The van der Waals surface area contributed by atoms with Gasteiger partial charge in [-0.05, 0) is 19.8 Å². The lowest BCUT2D eigenvalue weighted by Crippen LogP contribution is -2.31. The van der Waals surface area contributed by atoms with E-state index in [9.17, 15) is 9.18 Å². The highest BCUT2D eigenvalue weighted by Gasteiger charge is 2.32. The van der Waals surface area contributed by atoms with Crippen LogP contribution >= 0.6 is 0 Å². The van der Waals surface area contributed by atoms with E-state index in [-0.39, 0.29) is 6.42 Å². The average Bonchev–Trinajstić information content (AvgIpc) is 2.36. The molecule has 0 bridgehead atoms. The molecule has 0 heterocycles. The van der Waals surface area contributed by atoms with E-state index in [2.05, 4.69) is 6.92 Å². The van der Waals surface area contributed by atoms with Gasteiger partial charge in [0.2, 0.25) is 5.67 Å². The summed E-state index contributed by atoms with van der Waals surface area (Å²) in [4.78, 5) is 11.3. The second kappa shape index (κ2) is 10.3. The standard InChI is InChI=1S/C15H29FO2/c1-4-6-7-8-9-10-11-12-13-18-14(17)15(3,16)5-2/h4-13H2,1-3H3. The summed E-state index contributed by atoms with van der Waals surface area (Å²) in [5, 5.41) is 0. The molecule has 0 rings (SSSR count). The summed E-state index contributed by atoms with van der Waals surface area (Å²) >= 11 is 0. The highest BCUT2D eigenvalue weighted by molar-refractivity contribution is 5.78. The third-order valence-corrected chi connectivity index (χ3v) is 3.32. The summed E-state index contributed by atoms with van der Waals surface area (Å²) in [5.74, 6) is -0.715. The SMILES string of the molecule is CCCCCCCCCCOC(=O)C(C)(F)CC. The fraction of sp³-hybridized carbons (Fsp3) is 0.933. The highest BCUT2D eigenvalue weighted by atomic mass is 19.1. The Labute approximate surface area is 111 Å². The Hall–Kier alpha value is -0.600. The minimum absolute atomic E-state index is 0.170. The van der Waals surface area contributed by atoms with Gasteiger partial charge in [0.25, 0.3) is 0 Å². The zero-order valence-electron chi connectivity index (χ0n) is 12.3. The first kappa shape index (κ1) is 17.4. The van der Waals surface area contributed by atoms with Crippen LogP contribution in [-0.4, -0.2) is 18.2 Å². The van der Waals surface area contributed by atoms with Crippen molar-refractivity contribution in [2.24, 2.45) is 0 Å². The van der Waals surface area contributed by atoms with Gasteiger partial charge in [0, 0.05) is 0 Å². The lowest BCUT2D eigenvalue weighted by molar-refractivity contribution is -0.157. The fourth-order valence-electron chi connectivity index (χ4n) is 1.70. The van der Waals surface area contributed by atoms with Crippen LogP contribution in [0.25, 0.3) is 0 Å². The maximum atomic E-state index is 13.5. The van der Waals surface area contributed by atoms with Crippen molar-refractivity contribution in [1.82, 2.24) is 0 Å². The summed E-state index contributed by atoms with van der Waals surface area (Å²) < 4.78 is 18.4. The molecule has 0 aromatic rings. The number of carbonyl (C=O) groups excluding carboxylic acids is 1. The molecule has 108 valence electrons. The summed E-state index contributed by atoms with van der Waals surface area (Å²) in [5.41, 5.74) is -1.82. The van der Waals surface area contributed by atoms with Crippen LogP contribution in [0.4, 0.5) is 4.39 Å². The molecule has 3 heteroatoms. The molecule has 0 aromatic carbocycles. The predicted octanol–water partition coefficient (Wildman–Crippen LogP) is 4.81. The highest BCUT2D eigenvalue weighted by Crippen LogP contribution is 2.17. The number of ether oxygens (including phenoxy) is 1. The Morgan fingerprint density at radius 2 is 1.50 bits per heavy atom. The lowest BCUT2D eigenvalue weighted by atomic mass is 10.1. The van der Waals surface area contributed by atoms with E-state index in [1.165, 1.54) is 45.4 Å². The van der Waals surface area contributed by atoms with Crippen molar-refractivity contribution in [3.63, 3.8) is 0 Å². The number of rotatable bonds is 11. The van der Waals surface area contributed by atoms with Gasteiger partial charge in [0.05, 0.1) is 6.61 Å². The second-order valence-electron chi connectivity index (χ2n) is 5.16. The van der Waals surface area contributed by atoms with Gasteiger partial charge in [0.1, 0.15) is 0 Å². The fourth-order valence-corrected chi connectivity index (χ4v) is 1.70. The number of carbonyl (C=O) groups is 1. The van der Waals surface area contributed by atoms with E-state index in [1.54, 1.807) is 6.92 Å². The predicted molar refractivity (Wildman–Crippen MR) is 73.4 cm³/mol. The molecule has 0 amide bonds. The van der Waals surface area contributed by atoms with Crippen molar-refractivity contribution < 1.29 is 13.9 Å². The zero-order chi connectivity index (χ0) is 13.9. The topological polar surface area (TPSA) is 26.3 Å². The van der Waals surface area contributed by atoms with Crippen molar-refractivity contribution in [3.05, 3.63) is 0 Å². The molecule has 0 saturated heterocycles. The van der Waals surface area contributed by atoms with E-state index in [1.807, 2.05) is 0 Å². The molecule has 2 nitrogen and oxygen atoms in total. The van der Waals surface area contributed by atoms with Gasteiger partial charge in [-0.3, -0.25) is 0 Å². The molecule has 0 radical (unpaired) electrons. The third kappa shape index (κ3) is 8.48. The first-order valence-corrected chi connectivity index (χ1v) is 7.40. The second-order valence-corrected chi connectivity index (χ2v) is 5.16. The summed E-state index contributed by atoms with van der Waals surface area (Å²) in [6.07, 6.45) is 9.73. The van der Waals surface area contributed by atoms with Crippen LogP contribution in [0.1, 0.15) is 78.6 Å². The summed E-state index contributed by atoms with van der Waals surface area (Å²) in [7, 11) is 0. The van der Waals surface area contributed by atoms with Crippen LogP contribution in [0.5, 0.6) is 0 Å². The van der Waals surface area contributed by atoms with Crippen molar-refractivity contribution in [3.8, 4) is 0 Å². The number of hydrogen-bond donors (Lipinski definition) is 0. The van der Waals surface area contributed by atoms with Crippen LogP contribution in [-0.2, 0) is 9.53 Å². The first-order chi connectivity index (χ1) is 8.54. The van der Waals surface area contributed by atoms with Gasteiger partial charge in [-0.15, -0.1) is 0 Å². The zero-order valence-corrected chi connectivity index (χ0v) is 12.3. The molecular weight excluding hydrogens is 231 g/mol. The van der Waals surface area contributed by atoms with Crippen LogP contribution in [0.2, 0.25) is 0 Å². The van der Waals surface area contributed by atoms with Crippen LogP contribution in [0, 0.1) is 0 Å². The minimum atomic E-state index is -1.82.